The highest BCUT2D eigenvalue weighted by atomic mass is 16.5. The van der Waals surface area contributed by atoms with Gasteiger partial charge in [-0.05, 0) is 43.7 Å². The Morgan fingerprint density at radius 3 is 2.31 bits per heavy atom. The van der Waals surface area contributed by atoms with Crippen molar-refractivity contribution in [3.8, 4) is 11.5 Å². The lowest BCUT2D eigenvalue weighted by Gasteiger charge is -2.31. The van der Waals surface area contributed by atoms with Crippen molar-refractivity contribution in [2.24, 2.45) is 0 Å². The summed E-state index contributed by atoms with van der Waals surface area (Å²) < 4.78 is 16.6. The molecular weight excluding hydrogens is 448 g/mol. The topological polar surface area (TPSA) is 88.5 Å². The molecular formula is C27H32N2O6. The van der Waals surface area contributed by atoms with Gasteiger partial charge in [0.05, 0.1) is 38.0 Å². The fourth-order valence-corrected chi connectivity index (χ4v) is 4.53. The van der Waals surface area contributed by atoms with Gasteiger partial charge in [-0.2, -0.15) is 0 Å². The first-order valence-corrected chi connectivity index (χ1v) is 12.1. The average molecular weight is 481 g/mol. The van der Waals surface area contributed by atoms with Crippen molar-refractivity contribution in [1.82, 2.24) is 9.80 Å². The lowest BCUT2D eigenvalue weighted by atomic mass is 9.95. The number of likely N-dealkylation sites (tertiary alicyclic amines) is 1. The Bertz CT molecular complexity index is 1090. The van der Waals surface area contributed by atoms with Gasteiger partial charge in [0.15, 0.2) is 0 Å². The predicted molar refractivity (Wildman–Crippen MR) is 131 cm³/mol. The van der Waals surface area contributed by atoms with Crippen LogP contribution in [0.25, 0.3) is 5.76 Å². The summed E-state index contributed by atoms with van der Waals surface area (Å²) in [6, 6.07) is 13.5. The highest BCUT2D eigenvalue weighted by molar-refractivity contribution is 6.46. The van der Waals surface area contributed by atoms with Gasteiger partial charge in [-0.1, -0.05) is 24.3 Å². The number of nitrogens with zero attached hydrogens (tertiary/aromatic N) is 2. The third kappa shape index (κ3) is 5.49. The molecule has 8 heteroatoms. The molecule has 2 aliphatic rings. The lowest BCUT2D eigenvalue weighted by molar-refractivity contribution is -0.140. The van der Waals surface area contributed by atoms with E-state index >= 15 is 0 Å². The quantitative estimate of drug-likeness (QED) is 0.335. The number of aliphatic hydroxyl groups is 1. The first kappa shape index (κ1) is 24.8. The first-order chi connectivity index (χ1) is 17.0. The second-order valence-corrected chi connectivity index (χ2v) is 8.41. The van der Waals surface area contributed by atoms with E-state index in [9.17, 15) is 14.7 Å². The summed E-state index contributed by atoms with van der Waals surface area (Å²) in [6.07, 6.45) is 0. The maximum Gasteiger partial charge on any atom is 0.295 e. The van der Waals surface area contributed by atoms with Crippen LogP contribution in [0.5, 0.6) is 11.5 Å². The number of carbonyl (C=O) groups excluding carboxylic acids is 2. The maximum absolute atomic E-state index is 13.3. The Kier molecular flexibility index (Phi) is 8.05. The first-order valence-electron chi connectivity index (χ1n) is 12.1. The third-order valence-corrected chi connectivity index (χ3v) is 6.20. The Labute approximate surface area is 205 Å². The largest absolute Gasteiger partial charge is 0.507 e. The van der Waals surface area contributed by atoms with E-state index in [1.807, 2.05) is 38.1 Å². The van der Waals surface area contributed by atoms with E-state index in [2.05, 4.69) is 4.90 Å². The Balaban J connectivity index is 1.75. The Morgan fingerprint density at radius 1 is 0.971 bits per heavy atom. The number of hydrogen-bond acceptors (Lipinski definition) is 7. The molecule has 0 aliphatic carbocycles. The number of hydrogen-bond donors (Lipinski definition) is 1. The van der Waals surface area contributed by atoms with Crippen LogP contribution in [0.3, 0.4) is 0 Å². The van der Waals surface area contributed by atoms with Crippen molar-refractivity contribution >= 4 is 17.4 Å². The molecule has 0 radical (unpaired) electrons. The number of carbonyl (C=O) groups is 2. The molecule has 35 heavy (non-hydrogen) atoms. The number of amides is 1. The molecule has 2 fully saturated rings. The molecule has 1 unspecified atom stereocenters. The van der Waals surface area contributed by atoms with Crippen LogP contribution in [0, 0.1) is 0 Å². The van der Waals surface area contributed by atoms with Gasteiger partial charge in [0, 0.05) is 31.7 Å². The zero-order valence-electron chi connectivity index (χ0n) is 20.2. The van der Waals surface area contributed by atoms with Gasteiger partial charge in [0.25, 0.3) is 11.7 Å². The Morgan fingerprint density at radius 2 is 1.63 bits per heavy atom. The zero-order chi connectivity index (χ0) is 24.8. The number of Topliss-reactive ketones (excluding diaryl/α,β-unsaturated/α-hetero) is 1. The number of rotatable bonds is 9. The van der Waals surface area contributed by atoms with E-state index in [0.29, 0.717) is 62.1 Å². The predicted octanol–water partition coefficient (Wildman–Crippen LogP) is 3.24. The van der Waals surface area contributed by atoms with Crippen LogP contribution in [0.2, 0.25) is 0 Å². The minimum absolute atomic E-state index is 0.0688. The molecule has 4 rings (SSSR count). The lowest BCUT2D eigenvalue weighted by Crippen LogP contribution is -2.42. The van der Waals surface area contributed by atoms with E-state index < -0.39 is 17.7 Å². The van der Waals surface area contributed by atoms with Crippen molar-refractivity contribution in [3.05, 3.63) is 65.2 Å². The van der Waals surface area contributed by atoms with Crippen molar-refractivity contribution in [2.45, 2.75) is 19.9 Å². The molecule has 186 valence electrons. The SMILES string of the molecule is CCOc1cccc(/C(O)=C2\C(=O)C(=O)N(CCN3CCOCC3)C2c2cccc(OCC)c2)c1. The van der Waals surface area contributed by atoms with E-state index in [-0.39, 0.29) is 11.3 Å². The van der Waals surface area contributed by atoms with Gasteiger partial charge in [0.2, 0.25) is 0 Å². The summed E-state index contributed by atoms with van der Waals surface area (Å²) >= 11 is 0. The van der Waals surface area contributed by atoms with Gasteiger partial charge in [-0.25, -0.2) is 0 Å². The van der Waals surface area contributed by atoms with E-state index in [0.717, 1.165) is 13.1 Å². The number of ketones is 1. The van der Waals surface area contributed by atoms with Crippen molar-refractivity contribution in [2.75, 3.05) is 52.6 Å². The van der Waals surface area contributed by atoms with Gasteiger partial charge >= 0.3 is 0 Å². The van der Waals surface area contributed by atoms with Gasteiger partial charge in [-0.15, -0.1) is 0 Å². The second-order valence-electron chi connectivity index (χ2n) is 8.41. The number of morpholine rings is 1. The normalized spacial score (nSPS) is 20.3. The Hall–Kier alpha value is -3.36. The van der Waals surface area contributed by atoms with Crippen LogP contribution < -0.4 is 9.47 Å². The van der Waals surface area contributed by atoms with Crippen LogP contribution in [-0.2, 0) is 14.3 Å². The molecule has 2 saturated heterocycles. The molecule has 1 amide bonds. The molecule has 2 aliphatic heterocycles. The summed E-state index contributed by atoms with van der Waals surface area (Å²) in [4.78, 5) is 30.3. The van der Waals surface area contributed by atoms with Crippen LogP contribution in [0.1, 0.15) is 31.0 Å². The summed E-state index contributed by atoms with van der Waals surface area (Å²) in [5.74, 6) is -0.314. The maximum atomic E-state index is 13.3. The third-order valence-electron chi connectivity index (χ3n) is 6.20. The molecule has 0 saturated carbocycles. The minimum Gasteiger partial charge on any atom is -0.507 e. The van der Waals surface area contributed by atoms with E-state index in [1.54, 1.807) is 29.2 Å². The summed E-state index contributed by atoms with van der Waals surface area (Å²) in [7, 11) is 0. The molecule has 8 nitrogen and oxygen atoms in total. The van der Waals surface area contributed by atoms with Crippen LogP contribution >= 0.6 is 0 Å². The van der Waals surface area contributed by atoms with Gasteiger partial charge < -0.3 is 24.2 Å². The molecule has 0 spiro atoms. The monoisotopic (exact) mass is 480 g/mol. The molecule has 2 aromatic carbocycles. The summed E-state index contributed by atoms with van der Waals surface area (Å²) in [6.45, 7) is 8.54. The number of ether oxygens (including phenoxy) is 3. The van der Waals surface area contributed by atoms with Crippen LogP contribution in [0.15, 0.2) is 54.1 Å². The fraction of sp³-hybridized carbons (Fsp3) is 0.407. The number of aliphatic hydroxyl groups excluding tert-OH is 1. The van der Waals surface area contributed by atoms with E-state index in [1.165, 1.54) is 0 Å². The summed E-state index contributed by atoms with van der Waals surface area (Å²) in [5, 5.41) is 11.3. The molecule has 0 bridgehead atoms. The fourth-order valence-electron chi connectivity index (χ4n) is 4.53. The molecule has 2 aromatic rings. The molecule has 2 heterocycles. The summed E-state index contributed by atoms with van der Waals surface area (Å²) in [5.41, 5.74) is 1.20. The highest BCUT2D eigenvalue weighted by Gasteiger charge is 2.46. The highest BCUT2D eigenvalue weighted by Crippen LogP contribution is 2.40. The second kappa shape index (κ2) is 11.4. The van der Waals surface area contributed by atoms with Gasteiger partial charge in [0.1, 0.15) is 17.3 Å². The van der Waals surface area contributed by atoms with Crippen molar-refractivity contribution in [1.29, 1.82) is 0 Å². The van der Waals surface area contributed by atoms with E-state index in [4.69, 9.17) is 14.2 Å². The number of benzene rings is 2. The molecule has 1 atom stereocenters. The standard InChI is InChI=1S/C27H32N2O6/c1-3-34-21-9-5-7-19(17-21)24-23(25(30)20-8-6-10-22(18-20)35-4-2)26(31)27(32)29(24)12-11-28-13-15-33-16-14-28/h5-10,17-18,24,30H,3-4,11-16H2,1-2H3/b25-23+. The average Bonchev–Trinajstić information content (AvgIpc) is 3.13. The van der Waals surface area contributed by atoms with Gasteiger partial charge in [-0.3, -0.25) is 14.5 Å². The van der Waals surface area contributed by atoms with Crippen LogP contribution in [-0.4, -0.2) is 79.2 Å². The van der Waals surface area contributed by atoms with Crippen molar-refractivity contribution < 1.29 is 28.9 Å². The molecule has 0 aromatic heterocycles. The molecule has 1 N–H and O–H groups in total. The van der Waals surface area contributed by atoms with Crippen LogP contribution in [0.4, 0.5) is 0 Å². The van der Waals surface area contributed by atoms with Crippen molar-refractivity contribution in [3.63, 3.8) is 0 Å². The zero-order valence-corrected chi connectivity index (χ0v) is 20.2. The minimum atomic E-state index is -0.729. The smallest absolute Gasteiger partial charge is 0.295 e.